The number of benzene rings is 2. The SMILES string of the molecule is CSCCC(NC(=O)c1ccccc1Br)C(=O)NC1CCc2ccccc2C1. The Labute approximate surface area is 179 Å². The molecule has 1 aliphatic carbocycles. The summed E-state index contributed by atoms with van der Waals surface area (Å²) in [6, 6.07) is 15.2. The first-order valence-corrected chi connectivity index (χ1v) is 11.7. The van der Waals surface area contributed by atoms with Crippen LogP contribution in [0, 0.1) is 0 Å². The van der Waals surface area contributed by atoms with Crippen LogP contribution in [0.2, 0.25) is 0 Å². The van der Waals surface area contributed by atoms with Crippen molar-refractivity contribution >= 4 is 39.5 Å². The summed E-state index contributed by atoms with van der Waals surface area (Å²) >= 11 is 5.08. The summed E-state index contributed by atoms with van der Waals surface area (Å²) in [5.74, 6) is 0.475. The molecule has 2 atom stereocenters. The fourth-order valence-corrected chi connectivity index (χ4v) is 4.44. The van der Waals surface area contributed by atoms with Gasteiger partial charge in [0.1, 0.15) is 6.04 Å². The van der Waals surface area contributed by atoms with E-state index in [1.54, 1.807) is 17.8 Å². The van der Waals surface area contributed by atoms with Gasteiger partial charge in [0.2, 0.25) is 5.91 Å². The summed E-state index contributed by atoms with van der Waals surface area (Å²) in [4.78, 5) is 25.6. The van der Waals surface area contributed by atoms with Gasteiger partial charge in [0, 0.05) is 10.5 Å². The molecule has 28 heavy (non-hydrogen) atoms. The Hall–Kier alpha value is -1.79. The number of amides is 2. The highest BCUT2D eigenvalue weighted by atomic mass is 79.9. The minimum atomic E-state index is -0.538. The van der Waals surface area contributed by atoms with Crippen LogP contribution in [0.1, 0.15) is 34.3 Å². The molecule has 0 saturated carbocycles. The average Bonchev–Trinajstić information content (AvgIpc) is 2.71. The molecule has 148 valence electrons. The maximum Gasteiger partial charge on any atom is 0.253 e. The zero-order valence-corrected chi connectivity index (χ0v) is 18.3. The summed E-state index contributed by atoms with van der Waals surface area (Å²) in [5, 5.41) is 6.09. The van der Waals surface area contributed by atoms with E-state index in [-0.39, 0.29) is 17.9 Å². The highest BCUT2D eigenvalue weighted by Gasteiger charge is 2.26. The first kappa shape index (κ1) is 20.9. The lowest BCUT2D eigenvalue weighted by atomic mass is 9.88. The van der Waals surface area contributed by atoms with E-state index < -0.39 is 6.04 Å². The van der Waals surface area contributed by atoms with E-state index >= 15 is 0 Å². The number of hydrogen-bond donors (Lipinski definition) is 2. The third-order valence-electron chi connectivity index (χ3n) is 5.04. The molecule has 0 aromatic heterocycles. The smallest absolute Gasteiger partial charge is 0.253 e. The summed E-state index contributed by atoms with van der Waals surface area (Å²) < 4.78 is 0.723. The van der Waals surface area contributed by atoms with Crippen molar-refractivity contribution < 1.29 is 9.59 Å². The number of halogens is 1. The van der Waals surface area contributed by atoms with Crippen molar-refractivity contribution in [3.63, 3.8) is 0 Å². The van der Waals surface area contributed by atoms with Crippen molar-refractivity contribution in [3.05, 3.63) is 69.7 Å². The third-order valence-corrected chi connectivity index (χ3v) is 6.38. The van der Waals surface area contributed by atoms with Crippen LogP contribution in [0.4, 0.5) is 0 Å². The molecule has 0 heterocycles. The van der Waals surface area contributed by atoms with E-state index in [1.165, 1.54) is 11.1 Å². The first-order chi connectivity index (χ1) is 13.6. The van der Waals surface area contributed by atoms with Gasteiger partial charge in [-0.25, -0.2) is 0 Å². The molecular formula is C22H25BrN2O2S. The van der Waals surface area contributed by atoms with Crippen molar-refractivity contribution in [1.82, 2.24) is 10.6 Å². The van der Waals surface area contributed by atoms with Crippen LogP contribution in [0.15, 0.2) is 53.0 Å². The molecule has 4 nitrogen and oxygen atoms in total. The number of thioether (sulfide) groups is 1. The van der Waals surface area contributed by atoms with Gasteiger partial charge in [0.15, 0.2) is 0 Å². The maximum atomic E-state index is 12.9. The second-order valence-corrected chi connectivity index (χ2v) is 8.84. The lowest BCUT2D eigenvalue weighted by molar-refractivity contribution is -0.123. The lowest BCUT2D eigenvalue weighted by Crippen LogP contribution is -2.51. The Balaban J connectivity index is 1.65. The minimum Gasteiger partial charge on any atom is -0.351 e. The quantitative estimate of drug-likeness (QED) is 0.656. The highest BCUT2D eigenvalue weighted by Crippen LogP contribution is 2.21. The molecule has 6 heteroatoms. The van der Waals surface area contributed by atoms with Gasteiger partial charge in [-0.1, -0.05) is 36.4 Å². The fraction of sp³-hybridized carbons (Fsp3) is 0.364. The van der Waals surface area contributed by atoms with E-state index in [2.05, 4.69) is 44.8 Å². The monoisotopic (exact) mass is 460 g/mol. The molecule has 2 unspecified atom stereocenters. The number of hydrogen-bond acceptors (Lipinski definition) is 3. The summed E-state index contributed by atoms with van der Waals surface area (Å²) in [6.45, 7) is 0. The van der Waals surface area contributed by atoms with E-state index in [9.17, 15) is 9.59 Å². The van der Waals surface area contributed by atoms with Gasteiger partial charge in [-0.15, -0.1) is 0 Å². The molecule has 0 spiro atoms. The summed E-state index contributed by atoms with van der Waals surface area (Å²) in [5.41, 5.74) is 3.21. The van der Waals surface area contributed by atoms with E-state index in [0.29, 0.717) is 12.0 Å². The van der Waals surface area contributed by atoms with Gasteiger partial charge in [0.25, 0.3) is 5.91 Å². The Morgan fingerprint density at radius 1 is 1.14 bits per heavy atom. The van der Waals surface area contributed by atoms with Crippen molar-refractivity contribution in [2.75, 3.05) is 12.0 Å². The molecule has 3 rings (SSSR count). The molecule has 0 fully saturated rings. The van der Waals surface area contributed by atoms with Crippen molar-refractivity contribution in [3.8, 4) is 0 Å². The Morgan fingerprint density at radius 2 is 1.86 bits per heavy atom. The molecule has 0 bridgehead atoms. The zero-order valence-electron chi connectivity index (χ0n) is 15.9. The van der Waals surface area contributed by atoms with Crippen molar-refractivity contribution in [1.29, 1.82) is 0 Å². The molecular weight excluding hydrogens is 436 g/mol. The molecule has 2 N–H and O–H groups in total. The molecule has 0 saturated heterocycles. The molecule has 0 aliphatic heterocycles. The highest BCUT2D eigenvalue weighted by molar-refractivity contribution is 9.10. The van der Waals surface area contributed by atoms with Gasteiger partial charge < -0.3 is 10.6 Å². The molecule has 1 aliphatic rings. The Morgan fingerprint density at radius 3 is 2.61 bits per heavy atom. The summed E-state index contributed by atoms with van der Waals surface area (Å²) in [7, 11) is 0. The Bertz CT molecular complexity index is 843. The van der Waals surface area contributed by atoms with Crippen molar-refractivity contribution in [2.24, 2.45) is 0 Å². The van der Waals surface area contributed by atoms with Crippen LogP contribution in [0.3, 0.4) is 0 Å². The zero-order chi connectivity index (χ0) is 19.9. The number of fused-ring (bicyclic) bond motifs is 1. The van der Waals surface area contributed by atoms with Gasteiger partial charge in [-0.05, 0) is 76.9 Å². The number of carbonyl (C=O) groups is 2. The van der Waals surface area contributed by atoms with E-state index in [0.717, 1.165) is 29.5 Å². The topological polar surface area (TPSA) is 58.2 Å². The molecule has 0 radical (unpaired) electrons. The van der Waals surface area contributed by atoms with Gasteiger partial charge in [0.05, 0.1) is 5.56 Å². The minimum absolute atomic E-state index is 0.0983. The van der Waals surface area contributed by atoms with E-state index in [4.69, 9.17) is 0 Å². The number of carbonyl (C=O) groups excluding carboxylic acids is 2. The molecule has 2 aromatic rings. The van der Waals surface area contributed by atoms with Crippen LogP contribution in [0.5, 0.6) is 0 Å². The number of nitrogens with one attached hydrogen (secondary N) is 2. The van der Waals surface area contributed by atoms with Gasteiger partial charge in [-0.3, -0.25) is 9.59 Å². The second-order valence-electron chi connectivity index (χ2n) is 7.00. The third kappa shape index (κ3) is 5.39. The van der Waals surface area contributed by atoms with Gasteiger partial charge >= 0.3 is 0 Å². The largest absolute Gasteiger partial charge is 0.351 e. The van der Waals surface area contributed by atoms with Crippen LogP contribution < -0.4 is 10.6 Å². The van der Waals surface area contributed by atoms with Gasteiger partial charge in [-0.2, -0.15) is 11.8 Å². The first-order valence-electron chi connectivity index (χ1n) is 9.50. The van der Waals surface area contributed by atoms with Crippen molar-refractivity contribution in [2.45, 2.75) is 37.8 Å². The predicted octanol–water partition coefficient (Wildman–Crippen LogP) is 3.97. The van der Waals surface area contributed by atoms with Crippen LogP contribution in [-0.4, -0.2) is 35.9 Å². The second kappa shape index (κ2) is 10.1. The van der Waals surface area contributed by atoms with Crippen LogP contribution in [-0.2, 0) is 17.6 Å². The van der Waals surface area contributed by atoms with Crippen LogP contribution in [0.25, 0.3) is 0 Å². The molecule has 2 amide bonds. The van der Waals surface area contributed by atoms with E-state index in [1.807, 2.05) is 30.5 Å². The fourth-order valence-electron chi connectivity index (χ4n) is 3.51. The summed E-state index contributed by atoms with van der Waals surface area (Å²) in [6.07, 6.45) is 5.35. The van der Waals surface area contributed by atoms with Crippen LogP contribution >= 0.6 is 27.7 Å². The normalized spacial score (nSPS) is 16.7. The number of rotatable bonds is 7. The number of aryl methyl sites for hydroxylation is 1. The Kier molecular flexibility index (Phi) is 7.57. The lowest BCUT2D eigenvalue weighted by Gasteiger charge is -2.27. The maximum absolute atomic E-state index is 12.9. The molecule has 2 aromatic carbocycles. The standard InChI is InChI=1S/C22H25BrN2O2S/c1-28-13-12-20(25-21(26)18-8-4-5-9-19(18)23)22(27)24-17-11-10-15-6-2-3-7-16(15)14-17/h2-9,17,20H,10-14H2,1H3,(H,24,27)(H,25,26). The average molecular weight is 461 g/mol. The predicted molar refractivity (Wildman–Crippen MR) is 119 cm³/mol.